The number of rotatable bonds is 3. The molecule has 0 radical (unpaired) electrons. The molecule has 3 aliphatic rings. The zero-order valence-electron chi connectivity index (χ0n) is 13.5. The smallest absolute Gasteiger partial charge is 0.243 e. The van der Waals surface area contributed by atoms with Gasteiger partial charge in [-0.25, -0.2) is 0 Å². The van der Waals surface area contributed by atoms with Gasteiger partial charge in [0.2, 0.25) is 11.8 Å². The Hall–Kier alpha value is -2.42. The molecular weight excluding hydrogens is 304 g/mol. The number of nitriles is 1. The highest BCUT2D eigenvalue weighted by Crippen LogP contribution is 2.48. The number of amides is 2. The van der Waals surface area contributed by atoms with E-state index in [1.807, 2.05) is 17.0 Å². The lowest BCUT2D eigenvalue weighted by molar-refractivity contribution is -0.140. The summed E-state index contributed by atoms with van der Waals surface area (Å²) < 4.78 is 0. The average molecular weight is 324 g/mol. The van der Waals surface area contributed by atoms with E-state index >= 15 is 0 Å². The van der Waals surface area contributed by atoms with Crippen LogP contribution in [0.2, 0.25) is 0 Å². The Morgan fingerprint density at radius 1 is 1.42 bits per heavy atom. The van der Waals surface area contributed by atoms with Crippen LogP contribution in [0.15, 0.2) is 24.5 Å². The van der Waals surface area contributed by atoms with Crippen molar-refractivity contribution in [2.75, 3.05) is 19.6 Å². The number of likely N-dealkylation sites (tertiary alicyclic amines) is 2. The first kappa shape index (κ1) is 15.1. The van der Waals surface area contributed by atoms with Crippen LogP contribution in [0.4, 0.5) is 0 Å². The Bertz CT molecular complexity index is 707. The van der Waals surface area contributed by atoms with Gasteiger partial charge in [-0.1, -0.05) is 6.07 Å². The first-order chi connectivity index (χ1) is 11.6. The highest BCUT2D eigenvalue weighted by Gasteiger charge is 2.55. The van der Waals surface area contributed by atoms with Crippen molar-refractivity contribution in [2.24, 2.45) is 17.3 Å². The van der Waals surface area contributed by atoms with Crippen LogP contribution >= 0.6 is 0 Å². The molecule has 2 unspecified atom stereocenters. The van der Waals surface area contributed by atoms with E-state index in [1.54, 1.807) is 17.3 Å². The summed E-state index contributed by atoms with van der Waals surface area (Å²) in [5.74, 6) is 0.188. The second-order valence-corrected chi connectivity index (χ2v) is 7.18. The molecule has 4 rings (SSSR count). The summed E-state index contributed by atoms with van der Waals surface area (Å²) in [6.45, 7) is 2.39. The maximum Gasteiger partial charge on any atom is 0.243 e. The number of hydrogen-bond donors (Lipinski definition) is 0. The van der Waals surface area contributed by atoms with E-state index < -0.39 is 5.41 Å². The molecule has 0 N–H and O–H groups in total. The Balaban J connectivity index is 1.44. The van der Waals surface area contributed by atoms with Crippen molar-refractivity contribution in [3.05, 3.63) is 30.1 Å². The van der Waals surface area contributed by atoms with Crippen LogP contribution in [0.5, 0.6) is 0 Å². The van der Waals surface area contributed by atoms with Gasteiger partial charge in [0, 0.05) is 38.6 Å². The number of carbonyl (C=O) groups excluding carboxylic acids is 2. The zero-order valence-corrected chi connectivity index (χ0v) is 13.5. The number of piperidine rings is 1. The fraction of sp³-hybridized carbons (Fsp3) is 0.556. The van der Waals surface area contributed by atoms with Crippen LogP contribution in [-0.4, -0.2) is 46.2 Å². The van der Waals surface area contributed by atoms with Gasteiger partial charge in [-0.05, 0) is 36.8 Å². The van der Waals surface area contributed by atoms with Crippen LogP contribution < -0.4 is 0 Å². The van der Waals surface area contributed by atoms with E-state index in [1.165, 1.54) is 0 Å². The van der Waals surface area contributed by atoms with E-state index in [0.29, 0.717) is 32.5 Å². The molecule has 3 fully saturated rings. The Morgan fingerprint density at radius 2 is 2.25 bits per heavy atom. The van der Waals surface area contributed by atoms with Gasteiger partial charge in [-0.3, -0.25) is 14.6 Å². The second kappa shape index (κ2) is 5.59. The van der Waals surface area contributed by atoms with Crippen LogP contribution in [0.1, 0.15) is 24.8 Å². The summed E-state index contributed by atoms with van der Waals surface area (Å²) in [5.41, 5.74) is 0.239. The number of pyridine rings is 1. The van der Waals surface area contributed by atoms with Gasteiger partial charge < -0.3 is 9.80 Å². The van der Waals surface area contributed by atoms with Gasteiger partial charge in [0.1, 0.15) is 5.41 Å². The van der Waals surface area contributed by atoms with Crippen molar-refractivity contribution in [3.8, 4) is 6.07 Å². The summed E-state index contributed by atoms with van der Waals surface area (Å²) in [6.07, 6.45) is 5.75. The zero-order chi connectivity index (χ0) is 16.7. The molecule has 1 aromatic heterocycles. The lowest BCUT2D eigenvalue weighted by Gasteiger charge is -2.33. The molecule has 2 amide bonds. The highest BCUT2D eigenvalue weighted by atomic mass is 16.2. The molecular formula is C18H20N4O2. The topological polar surface area (TPSA) is 77.3 Å². The highest BCUT2D eigenvalue weighted by molar-refractivity contribution is 5.90. The molecule has 1 saturated carbocycles. The van der Waals surface area contributed by atoms with Gasteiger partial charge in [-0.15, -0.1) is 0 Å². The molecule has 0 spiro atoms. The Morgan fingerprint density at radius 3 is 2.92 bits per heavy atom. The molecule has 24 heavy (non-hydrogen) atoms. The minimum absolute atomic E-state index is 0.0639. The lowest BCUT2D eigenvalue weighted by atomic mass is 9.88. The third-order valence-electron chi connectivity index (χ3n) is 5.60. The third-order valence-corrected chi connectivity index (χ3v) is 5.60. The molecule has 2 saturated heterocycles. The summed E-state index contributed by atoms with van der Waals surface area (Å²) in [6, 6.07) is 6.02. The molecule has 2 aliphatic heterocycles. The number of fused-ring (bicyclic) bond motifs is 1. The summed E-state index contributed by atoms with van der Waals surface area (Å²) in [5, 5.41) is 9.23. The van der Waals surface area contributed by atoms with Crippen LogP contribution in [0, 0.1) is 28.6 Å². The van der Waals surface area contributed by atoms with Gasteiger partial charge in [0.25, 0.3) is 0 Å². The number of aromatic nitrogens is 1. The van der Waals surface area contributed by atoms with Gasteiger partial charge in [-0.2, -0.15) is 5.26 Å². The maximum absolute atomic E-state index is 12.8. The van der Waals surface area contributed by atoms with Gasteiger partial charge in [0.05, 0.1) is 12.0 Å². The van der Waals surface area contributed by atoms with Crippen molar-refractivity contribution in [1.82, 2.24) is 14.8 Å². The maximum atomic E-state index is 12.8. The molecule has 124 valence electrons. The normalized spacial score (nSPS) is 27.5. The largest absolute Gasteiger partial charge is 0.340 e. The van der Waals surface area contributed by atoms with Gasteiger partial charge >= 0.3 is 0 Å². The first-order valence-electron chi connectivity index (χ1n) is 8.51. The number of carbonyl (C=O) groups is 2. The van der Waals surface area contributed by atoms with Crippen molar-refractivity contribution in [1.29, 1.82) is 5.26 Å². The quantitative estimate of drug-likeness (QED) is 0.837. The van der Waals surface area contributed by atoms with Crippen LogP contribution in [0.25, 0.3) is 0 Å². The van der Waals surface area contributed by atoms with Crippen molar-refractivity contribution >= 4 is 11.8 Å². The fourth-order valence-corrected chi connectivity index (χ4v) is 3.95. The lowest BCUT2D eigenvalue weighted by Crippen LogP contribution is -2.44. The first-order valence-corrected chi connectivity index (χ1v) is 8.51. The summed E-state index contributed by atoms with van der Waals surface area (Å²) in [4.78, 5) is 33.1. The Kier molecular flexibility index (Phi) is 3.52. The SMILES string of the molecule is N#CC1(C(=O)N2CC3CCN(Cc4cccnc4)C(=O)C3C2)CC1. The number of nitrogens with zero attached hydrogens (tertiary/aromatic N) is 4. The van der Waals surface area contributed by atoms with Crippen LogP contribution in [-0.2, 0) is 16.1 Å². The van der Waals surface area contributed by atoms with Crippen molar-refractivity contribution in [2.45, 2.75) is 25.8 Å². The van der Waals surface area contributed by atoms with E-state index in [-0.39, 0.29) is 23.7 Å². The monoisotopic (exact) mass is 324 g/mol. The molecule has 1 aliphatic carbocycles. The minimum Gasteiger partial charge on any atom is -0.340 e. The molecule has 3 heterocycles. The second-order valence-electron chi connectivity index (χ2n) is 7.18. The minimum atomic E-state index is -0.786. The average Bonchev–Trinajstić information content (AvgIpc) is 3.29. The third kappa shape index (κ3) is 2.44. The Labute approximate surface area is 141 Å². The van der Waals surface area contributed by atoms with E-state index in [4.69, 9.17) is 0 Å². The fourth-order valence-electron chi connectivity index (χ4n) is 3.95. The van der Waals surface area contributed by atoms with E-state index in [0.717, 1.165) is 18.5 Å². The van der Waals surface area contributed by atoms with Crippen molar-refractivity contribution in [3.63, 3.8) is 0 Å². The molecule has 6 nitrogen and oxygen atoms in total. The molecule has 6 heteroatoms. The molecule has 1 aromatic rings. The van der Waals surface area contributed by atoms with E-state index in [9.17, 15) is 14.9 Å². The molecule has 0 bridgehead atoms. The van der Waals surface area contributed by atoms with Gasteiger partial charge in [0.15, 0.2) is 0 Å². The number of hydrogen-bond acceptors (Lipinski definition) is 4. The van der Waals surface area contributed by atoms with Crippen LogP contribution in [0.3, 0.4) is 0 Å². The predicted octanol–water partition coefficient (Wildman–Crippen LogP) is 1.19. The molecule has 2 atom stereocenters. The standard InChI is InChI=1S/C18H20N4O2/c19-12-18(4-5-18)17(24)22-10-14-3-7-21(16(23)15(14)11-22)9-13-2-1-6-20-8-13/h1-2,6,8,14-15H,3-5,7,9-11H2. The molecule has 0 aromatic carbocycles. The predicted molar refractivity (Wildman–Crippen MR) is 85.1 cm³/mol. The summed E-state index contributed by atoms with van der Waals surface area (Å²) >= 11 is 0. The van der Waals surface area contributed by atoms with E-state index in [2.05, 4.69) is 11.1 Å². The van der Waals surface area contributed by atoms with Crippen molar-refractivity contribution < 1.29 is 9.59 Å². The summed E-state index contributed by atoms with van der Waals surface area (Å²) in [7, 11) is 0.